The van der Waals surface area contributed by atoms with Crippen LogP contribution in [0.1, 0.15) is 5.56 Å². The van der Waals surface area contributed by atoms with Gasteiger partial charge in [-0.25, -0.2) is 0 Å². The summed E-state index contributed by atoms with van der Waals surface area (Å²) in [4.78, 5) is 4.81. The first-order chi connectivity index (χ1) is 7.79. The molecule has 3 aromatic rings. The highest BCUT2D eigenvalue weighted by Crippen LogP contribution is 2.30. The van der Waals surface area contributed by atoms with Crippen LogP contribution in [-0.4, -0.2) is 11.2 Å². The summed E-state index contributed by atoms with van der Waals surface area (Å²) in [6.07, 6.45) is 2.12. The van der Waals surface area contributed by atoms with Crippen molar-refractivity contribution < 1.29 is 0 Å². The second-order valence-corrected chi connectivity index (χ2v) is 4.89. The van der Waals surface area contributed by atoms with Crippen LogP contribution in [0.5, 0.6) is 0 Å². The molecule has 0 aliphatic heterocycles. The first kappa shape index (κ1) is 9.79. The number of nitrogens with one attached hydrogen (secondary N) is 1. The molecule has 2 aromatic carbocycles. The van der Waals surface area contributed by atoms with E-state index in [2.05, 4.69) is 54.6 Å². The average Bonchev–Trinajstić information content (AvgIpc) is 2.66. The number of rotatable bonds is 1. The predicted molar refractivity (Wildman–Crippen MR) is 72.3 cm³/mol. The molecule has 1 heterocycles. The SMILES string of the molecule is CSc1cc2[nH]c3ccccc3c2cc1C. The maximum atomic E-state index is 3.47. The first-order valence-corrected chi connectivity index (χ1v) is 6.57. The van der Waals surface area contributed by atoms with E-state index in [1.807, 2.05) is 0 Å². The number of benzene rings is 2. The Morgan fingerprint density at radius 2 is 1.81 bits per heavy atom. The fraction of sp³-hybridized carbons (Fsp3) is 0.143. The highest BCUT2D eigenvalue weighted by atomic mass is 32.2. The van der Waals surface area contributed by atoms with Gasteiger partial charge < -0.3 is 4.98 Å². The van der Waals surface area contributed by atoms with Crippen molar-refractivity contribution in [3.63, 3.8) is 0 Å². The number of H-pyrrole nitrogens is 1. The smallest absolute Gasteiger partial charge is 0.0476 e. The number of hydrogen-bond acceptors (Lipinski definition) is 1. The minimum atomic E-state index is 1.22. The Morgan fingerprint density at radius 3 is 2.62 bits per heavy atom. The van der Waals surface area contributed by atoms with Gasteiger partial charge in [0.25, 0.3) is 0 Å². The highest BCUT2D eigenvalue weighted by molar-refractivity contribution is 7.98. The average molecular weight is 227 g/mol. The molecular weight excluding hydrogens is 214 g/mol. The summed E-state index contributed by atoms with van der Waals surface area (Å²) in [7, 11) is 0. The predicted octanol–water partition coefficient (Wildman–Crippen LogP) is 4.35. The molecule has 1 N–H and O–H groups in total. The molecule has 0 amide bonds. The minimum Gasteiger partial charge on any atom is -0.354 e. The monoisotopic (exact) mass is 227 g/mol. The fourth-order valence-electron chi connectivity index (χ4n) is 2.21. The molecule has 1 nitrogen and oxygen atoms in total. The van der Waals surface area contributed by atoms with Crippen LogP contribution in [0.2, 0.25) is 0 Å². The zero-order valence-corrected chi connectivity index (χ0v) is 10.2. The van der Waals surface area contributed by atoms with Crippen LogP contribution >= 0.6 is 11.8 Å². The molecular formula is C14H13NS. The Kier molecular flexibility index (Phi) is 2.18. The van der Waals surface area contributed by atoms with Gasteiger partial charge in [0.15, 0.2) is 0 Å². The molecule has 0 bridgehead atoms. The molecule has 2 heteroatoms. The topological polar surface area (TPSA) is 15.8 Å². The molecule has 0 unspecified atom stereocenters. The van der Waals surface area contributed by atoms with Gasteiger partial charge in [0.05, 0.1) is 0 Å². The van der Waals surface area contributed by atoms with Crippen molar-refractivity contribution in [1.82, 2.24) is 4.98 Å². The van der Waals surface area contributed by atoms with E-state index in [1.54, 1.807) is 11.8 Å². The Labute approximate surface area is 98.9 Å². The summed E-state index contributed by atoms with van der Waals surface area (Å²) >= 11 is 1.80. The van der Waals surface area contributed by atoms with Crippen molar-refractivity contribution in [3.8, 4) is 0 Å². The van der Waals surface area contributed by atoms with E-state index >= 15 is 0 Å². The molecule has 0 saturated carbocycles. The van der Waals surface area contributed by atoms with Crippen LogP contribution in [0.4, 0.5) is 0 Å². The molecule has 3 rings (SSSR count). The lowest BCUT2D eigenvalue weighted by molar-refractivity contribution is 1.33. The van der Waals surface area contributed by atoms with Crippen LogP contribution in [0.3, 0.4) is 0 Å². The van der Waals surface area contributed by atoms with Gasteiger partial charge >= 0.3 is 0 Å². The minimum absolute atomic E-state index is 1.22. The van der Waals surface area contributed by atoms with Crippen molar-refractivity contribution in [2.75, 3.05) is 6.26 Å². The third-order valence-electron chi connectivity index (χ3n) is 3.02. The Bertz CT molecular complexity index is 667. The molecule has 0 aliphatic carbocycles. The number of aryl methyl sites for hydroxylation is 1. The Hall–Kier alpha value is -1.41. The zero-order valence-electron chi connectivity index (χ0n) is 9.37. The fourth-order valence-corrected chi connectivity index (χ4v) is 2.82. The van der Waals surface area contributed by atoms with Gasteiger partial charge in [-0.1, -0.05) is 18.2 Å². The standard InChI is InChI=1S/C14H13NS/c1-9-7-11-10-5-3-4-6-12(10)15-13(11)8-14(9)16-2/h3-8,15H,1-2H3. The van der Waals surface area contributed by atoms with Crippen molar-refractivity contribution in [1.29, 1.82) is 0 Å². The number of aromatic nitrogens is 1. The summed E-state index contributed by atoms with van der Waals surface area (Å²) in [6.45, 7) is 2.17. The molecule has 0 saturated heterocycles. The molecule has 0 spiro atoms. The third kappa shape index (κ3) is 1.34. The van der Waals surface area contributed by atoms with Crippen LogP contribution < -0.4 is 0 Å². The van der Waals surface area contributed by atoms with Crippen LogP contribution in [0, 0.1) is 6.92 Å². The lowest BCUT2D eigenvalue weighted by Gasteiger charge is -2.02. The largest absolute Gasteiger partial charge is 0.354 e. The lowest BCUT2D eigenvalue weighted by Crippen LogP contribution is -1.78. The summed E-state index contributed by atoms with van der Waals surface area (Å²) in [6, 6.07) is 13.0. The quantitative estimate of drug-likeness (QED) is 0.611. The van der Waals surface area contributed by atoms with Gasteiger partial charge in [-0.3, -0.25) is 0 Å². The van der Waals surface area contributed by atoms with Crippen LogP contribution in [0.25, 0.3) is 21.8 Å². The lowest BCUT2D eigenvalue weighted by atomic mass is 10.1. The van der Waals surface area contributed by atoms with E-state index in [4.69, 9.17) is 0 Å². The second kappa shape index (κ2) is 3.56. The number of fused-ring (bicyclic) bond motifs is 3. The van der Waals surface area contributed by atoms with Crippen LogP contribution in [0.15, 0.2) is 41.3 Å². The van der Waals surface area contributed by atoms with Crippen molar-refractivity contribution in [3.05, 3.63) is 42.0 Å². The van der Waals surface area contributed by atoms with E-state index in [0.717, 1.165) is 0 Å². The number of thioether (sulfide) groups is 1. The molecule has 0 radical (unpaired) electrons. The summed E-state index contributed by atoms with van der Waals surface area (Å²) < 4.78 is 0. The normalized spacial score (nSPS) is 11.4. The van der Waals surface area contributed by atoms with Gasteiger partial charge in [-0.2, -0.15) is 0 Å². The summed E-state index contributed by atoms with van der Waals surface area (Å²) in [5.74, 6) is 0. The van der Waals surface area contributed by atoms with E-state index in [9.17, 15) is 0 Å². The first-order valence-electron chi connectivity index (χ1n) is 5.34. The highest BCUT2D eigenvalue weighted by Gasteiger charge is 2.06. The maximum Gasteiger partial charge on any atom is 0.0476 e. The van der Waals surface area contributed by atoms with Crippen molar-refractivity contribution in [2.45, 2.75) is 11.8 Å². The van der Waals surface area contributed by atoms with Gasteiger partial charge in [-0.15, -0.1) is 11.8 Å². The molecule has 0 fully saturated rings. The molecule has 1 aromatic heterocycles. The summed E-state index contributed by atoms with van der Waals surface area (Å²) in [5, 5.41) is 2.64. The van der Waals surface area contributed by atoms with Gasteiger partial charge in [-0.05, 0) is 36.9 Å². The van der Waals surface area contributed by atoms with E-state index in [0.29, 0.717) is 0 Å². The third-order valence-corrected chi connectivity index (χ3v) is 3.90. The van der Waals surface area contributed by atoms with E-state index < -0.39 is 0 Å². The van der Waals surface area contributed by atoms with Crippen molar-refractivity contribution in [2.24, 2.45) is 0 Å². The molecule has 80 valence electrons. The van der Waals surface area contributed by atoms with Crippen LogP contribution in [-0.2, 0) is 0 Å². The molecule has 0 atom stereocenters. The van der Waals surface area contributed by atoms with Gasteiger partial charge in [0.1, 0.15) is 0 Å². The Morgan fingerprint density at radius 1 is 1.00 bits per heavy atom. The maximum absolute atomic E-state index is 3.47. The Balaban J connectivity index is 2.46. The molecule has 16 heavy (non-hydrogen) atoms. The van der Waals surface area contributed by atoms with Gasteiger partial charge in [0, 0.05) is 26.7 Å². The zero-order chi connectivity index (χ0) is 11.1. The summed E-state index contributed by atoms with van der Waals surface area (Å²) in [5.41, 5.74) is 3.80. The van der Waals surface area contributed by atoms with E-state index in [-0.39, 0.29) is 0 Å². The molecule has 0 aliphatic rings. The number of aromatic amines is 1. The van der Waals surface area contributed by atoms with E-state index in [1.165, 1.54) is 32.3 Å². The number of hydrogen-bond donors (Lipinski definition) is 1. The number of para-hydroxylation sites is 1. The van der Waals surface area contributed by atoms with Gasteiger partial charge in [0.2, 0.25) is 0 Å². The second-order valence-electron chi connectivity index (χ2n) is 4.04. The van der Waals surface area contributed by atoms with Crippen molar-refractivity contribution >= 4 is 33.6 Å².